The predicted octanol–water partition coefficient (Wildman–Crippen LogP) is 4.72. The van der Waals surface area contributed by atoms with Gasteiger partial charge in [-0.1, -0.05) is 59.3 Å². The summed E-state index contributed by atoms with van der Waals surface area (Å²) in [5.74, 6) is 0.787. The molecule has 4 nitrogen and oxygen atoms in total. The summed E-state index contributed by atoms with van der Waals surface area (Å²) in [6.45, 7) is 4.16. The Morgan fingerprint density at radius 2 is 1.96 bits per heavy atom. The molecular weight excluding hydrogens is 340 g/mol. The van der Waals surface area contributed by atoms with E-state index in [0.29, 0.717) is 0 Å². The summed E-state index contributed by atoms with van der Waals surface area (Å²) in [5, 5.41) is 14.1. The Kier molecular flexibility index (Phi) is 5.33. The number of thioether (sulfide) groups is 1. The molecule has 0 aliphatic heterocycles. The molecule has 3 aromatic rings. The van der Waals surface area contributed by atoms with Crippen LogP contribution in [0.5, 0.6) is 0 Å². The number of aromatic nitrogens is 3. The van der Waals surface area contributed by atoms with Crippen LogP contribution in [0.1, 0.15) is 22.3 Å². The first-order chi connectivity index (χ1) is 11.6. The van der Waals surface area contributed by atoms with E-state index < -0.39 is 0 Å². The molecule has 0 spiro atoms. The number of halogens is 1. The van der Waals surface area contributed by atoms with Crippen molar-refractivity contribution in [1.29, 1.82) is 0 Å². The first kappa shape index (κ1) is 16.7. The Hall–Kier alpha value is -2.11. The maximum absolute atomic E-state index is 5.91. The summed E-state index contributed by atoms with van der Waals surface area (Å²) in [5.41, 5.74) is 4.70. The van der Waals surface area contributed by atoms with Crippen molar-refractivity contribution in [2.24, 2.45) is 5.10 Å². The van der Waals surface area contributed by atoms with E-state index in [-0.39, 0.29) is 0 Å². The molecule has 0 unspecified atom stereocenters. The fourth-order valence-electron chi connectivity index (χ4n) is 2.22. The van der Waals surface area contributed by atoms with E-state index in [0.717, 1.165) is 21.5 Å². The summed E-state index contributed by atoms with van der Waals surface area (Å²) in [6.07, 6.45) is 3.45. The molecule has 6 heteroatoms. The normalized spacial score (nSPS) is 11.3. The van der Waals surface area contributed by atoms with Crippen molar-refractivity contribution < 1.29 is 0 Å². The van der Waals surface area contributed by atoms with Crippen molar-refractivity contribution in [3.63, 3.8) is 0 Å². The van der Waals surface area contributed by atoms with Crippen LogP contribution < -0.4 is 0 Å². The van der Waals surface area contributed by atoms with E-state index in [1.165, 1.54) is 16.7 Å². The van der Waals surface area contributed by atoms with Crippen LogP contribution in [0.4, 0.5) is 0 Å². The van der Waals surface area contributed by atoms with E-state index in [9.17, 15) is 0 Å². The molecule has 0 radical (unpaired) electrons. The largest absolute Gasteiger partial charge is 0.212 e. The van der Waals surface area contributed by atoms with Gasteiger partial charge in [0.05, 0.1) is 6.21 Å². The van der Waals surface area contributed by atoms with Crippen LogP contribution in [0.2, 0.25) is 5.02 Å². The van der Waals surface area contributed by atoms with Crippen molar-refractivity contribution in [1.82, 2.24) is 14.9 Å². The minimum Gasteiger partial charge on any atom is -0.195 e. The van der Waals surface area contributed by atoms with Crippen LogP contribution in [-0.4, -0.2) is 21.1 Å². The Bertz CT molecular complexity index is 856. The number of hydrogen-bond acceptors (Lipinski definition) is 4. The molecule has 0 saturated carbocycles. The minimum atomic E-state index is 0.741. The first-order valence-corrected chi connectivity index (χ1v) is 8.87. The lowest BCUT2D eigenvalue weighted by Gasteiger charge is -2.03. The third kappa shape index (κ3) is 4.24. The fraction of sp³-hybridized carbons (Fsp3) is 0.167. The zero-order chi connectivity index (χ0) is 16.9. The average Bonchev–Trinajstić information content (AvgIpc) is 3.01. The molecule has 0 atom stereocenters. The average molecular weight is 357 g/mol. The van der Waals surface area contributed by atoms with Crippen LogP contribution in [0.25, 0.3) is 0 Å². The second kappa shape index (κ2) is 7.64. The lowest BCUT2D eigenvalue weighted by molar-refractivity contribution is 0.767. The van der Waals surface area contributed by atoms with Crippen molar-refractivity contribution >= 4 is 29.6 Å². The summed E-state index contributed by atoms with van der Waals surface area (Å²) in [4.78, 5) is 0. The van der Waals surface area contributed by atoms with Gasteiger partial charge in [-0.2, -0.15) is 9.78 Å². The third-order valence-electron chi connectivity index (χ3n) is 3.53. The number of hydrogen-bond donors (Lipinski definition) is 0. The highest BCUT2D eigenvalue weighted by Gasteiger charge is 2.05. The van der Waals surface area contributed by atoms with Crippen LogP contribution in [-0.2, 0) is 5.75 Å². The Morgan fingerprint density at radius 1 is 1.17 bits per heavy atom. The van der Waals surface area contributed by atoms with Gasteiger partial charge in [-0.3, -0.25) is 0 Å². The van der Waals surface area contributed by atoms with E-state index in [2.05, 4.69) is 47.3 Å². The molecule has 24 heavy (non-hydrogen) atoms. The van der Waals surface area contributed by atoms with Crippen molar-refractivity contribution in [3.05, 3.63) is 76.1 Å². The van der Waals surface area contributed by atoms with Gasteiger partial charge in [-0.25, -0.2) is 0 Å². The van der Waals surface area contributed by atoms with Crippen LogP contribution in [0, 0.1) is 13.8 Å². The van der Waals surface area contributed by atoms with E-state index in [1.807, 2.05) is 30.5 Å². The molecule has 1 heterocycles. The second-order valence-corrected chi connectivity index (χ2v) is 6.86. The number of nitrogens with zero attached hydrogens (tertiary/aromatic N) is 4. The molecule has 3 rings (SSSR count). The summed E-state index contributed by atoms with van der Waals surface area (Å²) >= 11 is 7.49. The van der Waals surface area contributed by atoms with Gasteiger partial charge in [0.25, 0.3) is 0 Å². The Balaban J connectivity index is 1.70. The molecule has 0 saturated heterocycles. The second-order valence-electron chi connectivity index (χ2n) is 5.48. The fourth-order valence-corrected chi connectivity index (χ4v) is 3.16. The van der Waals surface area contributed by atoms with Crippen LogP contribution >= 0.6 is 23.4 Å². The quantitative estimate of drug-likeness (QED) is 0.490. The van der Waals surface area contributed by atoms with Crippen molar-refractivity contribution in [3.8, 4) is 0 Å². The highest BCUT2D eigenvalue weighted by atomic mass is 35.5. The monoisotopic (exact) mass is 356 g/mol. The van der Waals surface area contributed by atoms with Gasteiger partial charge in [0, 0.05) is 10.8 Å². The minimum absolute atomic E-state index is 0.741. The smallest absolute Gasteiger partial charge is 0.195 e. The van der Waals surface area contributed by atoms with Crippen LogP contribution in [0.3, 0.4) is 0 Å². The first-order valence-electron chi connectivity index (χ1n) is 7.51. The molecule has 0 bridgehead atoms. The zero-order valence-electron chi connectivity index (χ0n) is 13.5. The van der Waals surface area contributed by atoms with Gasteiger partial charge in [-0.15, -0.1) is 10.2 Å². The van der Waals surface area contributed by atoms with Gasteiger partial charge < -0.3 is 0 Å². The SMILES string of the molecule is Cc1ccc(/C=N\n2cnnc2SCc2ccc(Cl)cc2)c(C)c1. The maximum Gasteiger partial charge on any atom is 0.212 e. The molecule has 0 aliphatic carbocycles. The van der Waals surface area contributed by atoms with Crippen LogP contribution in [0.15, 0.2) is 59.0 Å². The highest BCUT2D eigenvalue weighted by molar-refractivity contribution is 7.98. The van der Waals surface area contributed by atoms with Crippen molar-refractivity contribution in [2.75, 3.05) is 0 Å². The van der Waals surface area contributed by atoms with E-state index >= 15 is 0 Å². The molecule has 0 amide bonds. The number of rotatable bonds is 5. The molecule has 122 valence electrons. The zero-order valence-corrected chi connectivity index (χ0v) is 15.1. The molecule has 2 aromatic carbocycles. The lowest BCUT2D eigenvalue weighted by atomic mass is 10.1. The molecular formula is C18H17ClN4S. The maximum atomic E-state index is 5.91. The van der Waals surface area contributed by atoms with Gasteiger partial charge in [0.1, 0.15) is 6.33 Å². The van der Waals surface area contributed by atoms with Crippen molar-refractivity contribution in [2.45, 2.75) is 24.8 Å². The predicted molar refractivity (Wildman–Crippen MR) is 99.9 cm³/mol. The standard InChI is InChI=1S/C18H17ClN4S/c1-13-3-6-16(14(2)9-13)10-21-23-12-20-22-18(23)24-11-15-4-7-17(19)8-5-15/h3-10,12H,11H2,1-2H3/b21-10-. The Morgan fingerprint density at radius 3 is 2.71 bits per heavy atom. The van der Waals surface area contributed by atoms with Gasteiger partial charge in [-0.05, 0) is 42.7 Å². The van der Waals surface area contributed by atoms with E-state index in [1.54, 1.807) is 22.8 Å². The Labute approximate surface area is 150 Å². The topological polar surface area (TPSA) is 43.1 Å². The number of aryl methyl sites for hydroxylation is 2. The van der Waals surface area contributed by atoms with Gasteiger partial charge in [0.15, 0.2) is 0 Å². The van der Waals surface area contributed by atoms with Gasteiger partial charge >= 0.3 is 0 Å². The highest BCUT2D eigenvalue weighted by Crippen LogP contribution is 2.21. The summed E-state index contributed by atoms with van der Waals surface area (Å²) < 4.78 is 1.69. The molecule has 1 aromatic heterocycles. The van der Waals surface area contributed by atoms with E-state index in [4.69, 9.17) is 11.6 Å². The number of benzene rings is 2. The summed E-state index contributed by atoms with van der Waals surface area (Å²) in [7, 11) is 0. The lowest BCUT2D eigenvalue weighted by Crippen LogP contribution is -1.94. The molecule has 0 aliphatic rings. The molecule has 0 N–H and O–H groups in total. The third-order valence-corrected chi connectivity index (χ3v) is 4.78. The molecule has 0 fully saturated rings. The summed E-state index contributed by atoms with van der Waals surface area (Å²) in [6, 6.07) is 14.1. The van der Waals surface area contributed by atoms with Gasteiger partial charge in [0.2, 0.25) is 5.16 Å².